The summed E-state index contributed by atoms with van der Waals surface area (Å²) in [4.78, 5) is 8.35. The summed E-state index contributed by atoms with van der Waals surface area (Å²) in [5.41, 5.74) is 0.772. The van der Waals surface area contributed by atoms with Crippen molar-refractivity contribution in [2.75, 3.05) is 23.4 Å². The molecule has 1 fully saturated rings. The van der Waals surface area contributed by atoms with Gasteiger partial charge in [-0.1, -0.05) is 12.1 Å². The molecular formula is C13H14ClN3O2S. The van der Waals surface area contributed by atoms with E-state index in [0.29, 0.717) is 18.8 Å². The zero-order valence-electron chi connectivity index (χ0n) is 10.7. The zero-order chi connectivity index (χ0) is 14.2. The molecule has 2 aromatic rings. The fourth-order valence-corrected chi connectivity index (χ4v) is 4.49. The summed E-state index contributed by atoms with van der Waals surface area (Å²) >= 11 is 5.91. The number of aromatic nitrogens is 2. The lowest BCUT2D eigenvalue weighted by Gasteiger charge is -2.12. The van der Waals surface area contributed by atoms with Crippen LogP contribution in [0.2, 0.25) is 5.28 Å². The van der Waals surface area contributed by atoms with Crippen LogP contribution in [-0.2, 0) is 9.84 Å². The van der Waals surface area contributed by atoms with Crippen molar-refractivity contribution in [1.82, 2.24) is 9.97 Å². The molecule has 1 unspecified atom stereocenters. The van der Waals surface area contributed by atoms with Gasteiger partial charge in [-0.15, -0.1) is 0 Å². The third-order valence-corrected chi connectivity index (χ3v) is 5.47. The summed E-state index contributed by atoms with van der Waals surface area (Å²) < 4.78 is 22.9. The van der Waals surface area contributed by atoms with Crippen molar-refractivity contribution >= 4 is 38.2 Å². The molecule has 0 amide bonds. The van der Waals surface area contributed by atoms with Crippen LogP contribution in [0, 0.1) is 5.92 Å². The van der Waals surface area contributed by atoms with Crippen molar-refractivity contribution in [1.29, 1.82) is 0 Å². The monoisotopic (exact) mass is 311 g/mol. The predicted molar refractivity (Wildman–Crippen MR) is 79.8 cm³/mol. The van der Waals surface area contributed by atoms with Crippen LogP contribution in [0.3, 0.4) is 0 Å². The lowest BCUT2D eigenvalue weighted by atomic mass is 10.1. The molecule has 0 bridgehead atoms. The van der Waals surface area contributed by atoms with Crippen LogP contribution in [0.4, 0.5) is 5.82 Å². The molecule has 1 atom stereocenters. The molecule has 1 aromatic carbocycles. The number of hydrogen-bond acceptors (Lipinski definition) is 5. The molecule has 1 N–H and O–H groups in total. The second-order valence-corrected chi connectivity index (χ2v) is 7.58. The lowest BCUT2D eigenvalue weighted by Crippen LogP contribution is -2.16. The Labute approximate surface area is 122 Å². The van der Waals surface area contributed by atoms with Gasteiger partial charge in [0, 0.05) is 11.9 Å². The van der Waals surface area contributed by atoms with Crippen LogP contribution in [-0.4, -0.2) is 36.4 Å². The molecule has 1 aromatic heterocycles. The van der Waals surface area contributed by atoms with Crippen molar-refractivity contribution in [3.63, 3.8) is 0 Å². The molecule has 7 heteroatoms. The highest BCUT2D eigenvalue weighted by atomic mass is 35.5. The van der Waals surface area contributed by atoms with Crippen LogP contribution in [0.1, 0.15) is 6.42 Å². The quantitative estimate of drug-likeness (QED) is 0.879. The van der Waals surface area contributed by atoms with Gasteiger partial charge in [0.15, 0.2) is 9.84 Å². The minimum Gasteiger partial charge on any atom is -0.369 e. The van der Waals surface area contributed by atoms with E-state index in [1.165, 1.54) is 0 Å². The van der Waals surface area contributed by atoms with E-state index >= 15 is 0 Å². The van der Waals surface area contributed by atoms with E-state index in [9.17, 15) is 8.42 Å². The maximum atomic E-state index is 11.4. The first kappa shape index (κ1) is 13.6. The fraction of sp³-hybridized carbons (Fsp3) is 0.385. The van der Waals surface area contributed by atoms with Gasteiger partial charge in [-0.3, -0.25) is 0 Å². The first-order valence-corrected chi connectivity index (χ1v) is 8.60. The number of nitrogens with zero attached hydrogens (tertiary/aromatic N) is 2. The van der Waals surface area contributed by atoms with Crippen LogP contribution in [0.15, 0.2) is 24.3 Å². The molecular weight excluding hydrogens is 298 g/mol. The molecule has 20 heavy (non-hydrogen) atoms. The molecule has 5 nitrogen and oxygen atoms in total. The van der Waals surface area contributed by atoms with E-state index in [1.807, 2.05) is 24.3 Å². The van der Waals surface area contributed by atoms with Crippen LogP contribution in [0.5, 0.6) is 0 Å². The Morgan fingerprint density at radius 2 is 2.10 bits per heavy atom. The van der Waals surface area contributed by atoms with E-state index in [4.69, 9.17) is 11.6 Å². The molecule has 0 saturated carbocycles. The summed E-state index contributed by atoms with van der Waals surface area (Å²) in [5.74, 6) is 1.32. The van der Waals surface area contributed by atoms with E-state index in [0.717, 1.165) is 10.9 Å². The SMILES string of the molecule is O=S1(=O)CCC(CNc2nc(Cl)nc3ccccc23)C1. The van der Waals surface area contributed by atoms with E-state index in [2.05, 4.69) is 15.3 Å². The third kappa shape index (κ3) is 2.86. The molecule has 3 rings (SSSR count). The first-order chi connectivity index (χ1) is 9.53. The number of sulfone groups is 1. The minimum absolute atomic E-state index is 0.132. The Hall–Kier alpha value is -1.40. The molecule has 0 spiro atoms. The maximum absolute atomic E-state index is 11.4. The van der Waals surface area contributed by atoms with Crippen molar-refractivity contribution in [3.8, 4) is 0 Å². The molecule has 0 radical (unpaired) electrons. The Bertz CT molecular complexity index is 748. The Morgan fingerprint density at radius 3 is 2.85 bits per heavy atom. The topological polar surface area (TPSA) is 72.0 Å². The van der Waals surface area contributed by atoms with E-state index < -0.39 is 9.84 Å². The summed E-state index contributed by atoms with van der Waals surface area (Å²) in [6.45, 7) is 0.580. The van der Waals surface area contributed by atoms with Gasteiger partial charge in [-0.25, -0.2) is 18.4 Å². The number of rotatable bonds is 3. The molecule has 1 aliphatic rings. The highest BCUT2D eigenvalue weighted by molar-refractivity contribution is 7.91. The van der Waals surface area contributed by atoms with Gasteiger partial charge in [0.05, 0.1) is 17.0 Å². The van der Waals surface area contributed by atoms with E-state index in [1.54, 1.807) is 0 Å². The summed E-state index contributed by atoms with van der Waals surface area (Å²) in [6.07, 6.45) is 0.700. The van der Waals surface area contributed by atoms with Gasteiger partial charge in [-0.05, 0) is 36.1 Å². The smallest absolute Gasteiger partial charge is 0.224 e. The van der Waals surface area contributed by atoms with Gasteiger partial charge < -0.3 is 5.32 Å². The summed E-state index contributed by atoms with van der Waals surface area (Å²) in [5, 5.41) is 4.28. The molecule has 2 heterocycles. The number of benzene rings is 1. The fourth-order valence-electron chi connectivity index (χ4n) is 2.46. The van der Waals surface area contributed by atoms with Gasteiger partial charge in [0.25, 0.3) is 0 Å². The molecule has 1 aliphatic heterocycles. The average Bonchev–Trinajstić information content (AvgIpc) is 2.75. The van der Waals surface area contributed by atoms with Crippen LogP contribution >= 0.6 is 11.6 Å². The second kappa shape index (κ2) is 5.18. The van der Waals surface area contributed by atoms with Gasteiger partial charge in [0.1, 0.15) is 5.82 Å². The highest BCUT2D eigenvalue weighted by Crippen LogP contribution is 2.24. The Balaban J connectivity index is 1.81. The average molecular weight is 312 g/mol. The molecule has 106 valence electrons. The number of halogens is 1. The largest absolute Gasteiger partial charge is 0.369 e. The lowest BCUT2D eigenvalue weighted by molar-refractivity contribution is 0.596. The van der Waals surface area contributed by atoms with Crippen molar-refractivity contribution < 1.29 is 8.42 Å². The zero-order valence-corrected chi connectivity index (χ0v) is 12.3. The number of nitrogens with one attached hydrogen (secondary N) is 1. The van der Waals surface area contributed by atoms with E-state index in [-0.39, 0.29) is 22.7 Å². The summed E-state index contributed by atoms with van der Waals surface area (Å²) in [7, 11) is -2.85. The standard InChI is InChI=1S/C13H14ClN3O2S/c14-13-16-11-4-2-1-3-10(11)12(17-13)15-7-9-5-6-20(18,19)8-9/h1-4,9H,5-8H2,(H,15,16,17). The second-order valence-electron chi connectivity index (χ2n) is 5.01. The predicted octanol–water partition coefficient (Wildman–Crippen LogP) is 2.13. The highest BCUT2D eigenvalue weighted by Gasteiger charge is 2.27. The molecule has 1 saturated heterocycles. The van der Waals surface area contributed by atoms with Gasteiger partial charge >= 0.3 is 0 Å². The first-order valence-electron chi connectivity index (χ1n) is 6.40. The normalized spacial score (nSPS) is 21.1. The van der Waals surface area contributed by atoms with Crippen molar-refractivity contribution in [2.45, 2.75) is 6.42 Å². The number of para-hydroxylation sites is 1. The Kier molecular flexibility index (Phi) is 3.52. The van der Waals surface area contributed by atoms with Gasteiger partial charge in [0.2, 0.25) is 5.28 Å². The number of anilines is 1. The van der Waals surface area contributed by atoms with Crippen LogP contribution < -0.4 is 5.32 Å². The summed E-state index contributed by atoms with van der Waals surface area (Å²) in [6, 6.07) is 7.58. The Morgan fingerprint density at radius 1 is 1.30 bits per heavy atom. The minimum atomic E-state index is -2.85. The molecule has 0 aliphatic carbocycles. The maximum Gasteiger partial charge on any atom is 0.224 e. The van der Waals surface area contributed by atoms with Crippen molar-refractivity contribution in [3.05, 3.63) is 29.5 Å². The number of fused-ring (bicyclic) bond motifs is 1. The van der Waals surface area contributed by atoms with Crippen LogP contribution in [0.25, 0.3) is 10.9 Å². The number of hydrogen-bond donors (Lipinski definition) is 1. The van der Waals surface area contributed by atoms with Crippen molar-refractivity contribution in [2.24, 2.45) is 5.92 Å². The third-order valence-electron chi connectivity index (χ3n) is 3.46. The van der Waals surface area contributed by atoms with Gasteiger partial charge in [-0.2, -0.15) is 0 Å².